The van der Waals surface area contributed by atoms with Gasteiger partial charge in [-0.3, -0.25) is 0 Å². The zero-order valence-electron chi connectivity index (χ0n) is 8.75. The minimum absolute atomic E-state index is 0.357. The van der Waals surface area contributed by atoms with Crippen LogP contribution >= 0.6 is 0 Å². The quantitative estimate of drug-likeness (QED) is 0.333. The van der Waals surface area contributed by atoms with Crippen LogP contribution in [-0.2, 0) is 0 Å². The first-order chi connectivity index (χ1) is 8.29. The number of nitrogens with zero attached hydrogens (tertiary/aromatic N) is 2. The fourth-order valence-electron chi connectivity index (χ4n) is 1.93. The largest absolute Gasteiger partial charge is 0.422 e. The number of diazo groups is 1. The summed E-state index contributed by atoms with van der Waals surface area (Å²) in [6.45, 7) is 0. The molecule has 2 aromatic carbocycles. The molecule has 1 heterocycles. The number of benzene rings is 2. The van der Waals surface area contributed by atoms with Crippen molar-refractivity contribution in [3.8, 4) is 0 Å². The summed E-state index contributed by atoms with van der Waals surface area (Å²) in [6.07, 6.45) is 0. The van der Waals surface area contributed by atoms with Gasteiger partial charge in [-0.25, -0.2) is 4.79 Å². The second-order valence-corrected chi connectivity index (χ2v) is 3.72. The predicted octanol–water partition coefficient (Wildman–Crippen LogP) is 3.43. The van der Waals surface area contributed by atoms with E-state index >= 15 is 0 Å². The van der Waals surface area contributed by atoms with Crippen LogP contribution in [0.5, 0.6) is 0 Å². The Balaban J connectivity index is 2.58. The van der Waals surface area contributed by atoms with E-state index in [-0.39, 0.29) is 5.63 Å². The van der Waals surface area contributed by atoms with Crippen LogP contribution in [0.2, 0.25) is 0 Å². The number of fused-ring (bicyclic) bond motifs is 3. The topological polar surface area (TPSA) is 58.4 Å². The van der Waals surface area contributed by atoms with E-state index in [2.05, 4.69) is 4.98 Å². The molecule has 4 heteroatoms. The standard InChI is InChI=1S/C13H7N2O2/c14-15-8-5-6-10-9-3-1-2-4-11(9)13(16)17-12(10)7-8/h1-7H/q+1. The summed E-state index contributed by atoms with van der Waals surface area (Å²) in [5, 5.41) is 10.9. The van der Waals surface area contributed by atoms with E-state index in [1.54, 1.807) is 24.3 Å². The van der Waals surface area contributed by atoms with E-state index in [9.17, 15) is 4.79 Å². The van der Waals surface area contributed by atoms with Gasteiger partial charge in [0.1, 0.15) is 5.58 Å². The maximum atomic E-state index is 11.7. The lowest BCUT2D eigenvalue weighted by atomic mass is 10.1. The molecule has 17 heavy (non-hydrogen) atoms. The van der Waals surface area contributed by atoms with Crippen molar-refractivity contribution in [2.45, 2.75) is 0 Å². The molecular formula is C13H7N2O2+. The molecule has 3 aromatic rings. The molecule has 0 aliphatic heterocycles. The molecule has 0 fully saturated rings. The highest BCUT2D eigenvalue weighted by molar-refractivity contribution is 6.04. The van der Waals surface area contributed by atoms with E-state index in [1.165, 1.54) is 6.07 Å². The maximum absolute atomic E-state index is 11.7. The highest BCUT2D eigenvalue weighted by Crippen LogP contribution is 2.26. The van der Waals surface area contributed by atoms with E-state index in [4.69, 9.17) is 9.81 Å². The first-order valence-electron chi connectivity index (χ1n) is 5.10. The summed E-state index contributed by atoms with van der Waals surface area (Å²) < 4.78 is 5.19. The Labute approximate surface area is 95.7 Å². The molecule has 3 rings (SSSR count). The van der Waals surface area contributed by atoms with Gasteiger partial charge in [-0.1, -0.05) is 18.2 Å². The first-order valence-corrected chi connectivity index (χ1v) is 5.10. The smallest absolute Gasteiger partial charge is 0.388 e. The molecule has 0 N–H and O–H groups in total. The molecule has 0 saturated heterocycles. The summed E-state index contributed by atoms with van der Waals surface area (Å²) in [5.41, 5.74) is 0.392. The highest BCUT2D eigenvalue weighted by Gasteiger charge is 2.11. The van der Waals surface area contributed by atoms with E-state index < -0.39 is 0 Å². The molecule has 0 unspecified atom stereocenters. The summed E-state index contributed by atoms with van der Waals surface area (Å²) in [6, 6.07) is 12.2. The van der Waals surface area contributed by atoms with E-state index in [0.29, 0.717) is 16.7 Å². The fraction of sp³-hybridized carbons (Fsp3) is 0. The van der Waals surface area contributed by atoms with Gasteiger partial charge < -0.3 is 4.42 Å². The van der Waals surface area contributed by atoms with Crippen LogP contribution in [0.4, 0.5) is 5.69 Å². The Bertz CT molecular complexity index is 828. The lowest BCUT2D eigenvalue weighted by Crippen LogP contribution is -1.98. The average Bonchev–Trinajstić information content (AvgIpc) is 2.38. The fourth-order valence-corrected chi connectivity index (χ4v) is 1.93. The number of rotatable bonds is 0. The minimum Gasteiger partial charge on any atom is -0.422 e. The van der Waals surface area contributed by atoms with Gasteiger partial charge in [0.15, 0.2) is 4.98 Å². The third-order valence-corrected chi connectivity index (χ3v) is 2.72. The van der Waals surface area contributed by atoms with Crippen LogP contribution in [0.3, 0.4) is 0 Å². The van der Waals surface area contributed by atoms with Crippen molar-refractivity contribution in [3.05, 3.63) is 57.9 Å². The third kappa shape index (κ3) is 1.37. The van der Waals surface area contributed by atoms with Crippen LogP contribution in [0.25, 0.3) is 26.7 Å². The molecule has 0 bridgehead atoms. The minimum atomic E-state index is -0.386. The molecule has 1 aromatic heterocycles. The zero-order valence-corrected chi connectivity index (χ0v) is 8.75. The van der Waals surface area contributed by atoms with Crippen molar-refractivity contribution in [3.63, 3.8) is 0 Å². The summed E-state index contributed by atoms with van der Waals surface area (Å²) in [7, 11) is 0. The van der Waals surface area contributed by atoms with Gasteiger partial charge in [0, 0.05) is 11.5 Å². The van der Waals surface area contributed by atoms with Crippen molar-refractivity contribution >= 4 is 27.4 Å². The molecule has 4 nitrogen and oxygen atoms in total. The van der Waals surface area contributed by atoms with Gasteiger partial charge >= 0.3 is 11.3 Å². The van der Waals surface area contributed by atoms with E-state index in [0.717, 1.165) is 10.8 Å². The molecule has 0 aliphatic carbocycles. The van der Waals surface area contributed by atoms with Crippen molar-refractivity contribution in [2.75, 3.05) is 0 Å². The molecule has 0 spiro atoms. The number of hydrogen-bond acceptors (Lipinski definition) is 3. The lowest BCUT2D eigenvalue weighted by molar-refractivity contribution is 0.570. The number of hydrogen-bond donors (Lipinski definition) is 0. The van der Waals surface area contributed by atoms with Crippen LogP contribution in [0, 0.1) is 5.39 Å². The summed E-state index contributed by atoms with van der Waals surface area (Å²) in [5.74, 6) is 0. The van der Waals surface area contributed by atoms with Crippen LogP contribution in [-0.4, -0.2) is 0 Å². The average molecular weight is 223 g/mol. The van der Waals surface area contributed by atoms with Gasteiger partial charge in [0.05, 0.1) is 11.5 Å². The van der Waals surface area contributed by atoms with Crippen LogP contribution in [0.1, 0.15) is 0 Å². The van der Waals surface area contributed by atoms with Gasteiger partial charge in [-0.15, -0.1) is 0 Å². The highest BCUT2D eigenvalue weighted by atomic mass is 16.4. The predicted molar refractivity (Wildman–Crippen MR) is 64.7 cm³/mol. The second-order valence-electron chi connectivity index (χ2n) is 3.72. The zero-order chi connectivity index (χ0) is 11.8. The monoisotopic (exact) mass is 223 g/mol. The third-order valence-electron chi connectivity index (χ3n) is 2.72. The Morgan fingerprint density at radius 2 is 1.76 bits per heavy atom. The molecule has 0 saturated carbocycles. The van der Waals surface area contributed by atoms with Crippen LogP contribution < -0.4 is 5.63 Å². The Hall–Kier alpha value is -2.67. The Kier molecular flexibility index (Phi) is 1.92. The lowest BCUT2D eigenvalue weighted by Gasteiger charge is -1.99. The maximum Gasteiger partial charge on any atom is 0.388 e. The van der Waals surface area contributed by atoms with E-state index in [1.807, 2.05) is 12.1 Å². The summed E-state index contributed by atoms with van der Waals surface area (Å²) >= 11 is 0. The Morgan fingerprint density at radius 1 is 1.00 bits per heavy atom. The normalized spacial score (nSPS) is 10.5. The SMILES string of the molecule is N#[N+]c1ccc2c(c1)oc(=O)c1ccccc12. The first kappa shape index (κ1) is 9.55. The van der Waals surface area contributed by atoms with Gasteiger partial charge in [-0.05, 0) is 17.5 Å². The molecule has 0 amide bonds. The van der Waals surface area contributed by atoms with Crippen molar-refractivity contribution < 1.29 is 4.42 Å². The van der Waals surface area contributed by atoms with Crippen molar-refractivity contribution in [1.29, 1.82) is 5.39 Å². The second kappa shape index (κ2) is 3.42. The molecular weight excluding hydrogens is 216 g/mol. The van der Waals surface area contributed by atoms with Gasteiger partial charge in [0.2, 0.25) is 5.39 Å². The molecule has 0 aliphatic rings. The van der Waals surface area contributed by atoms with Gasteiger partial charge in [-0.2, -0.15) is 0 Å². The van der Waals surface area contributed by atoms with Crippen molar-refractivity contribution in [2.24, 2.45) is 0 Å². The molecule has 80 valence electrons. The van der Waals surface area contributed by atoms with Crippen LogP contribution in [0.15, 0.2) is 51.7 Å². The summed E-state index contributed by atoms with van der Waals surface area (Å²) in [4.78, 5) is 14.8. The van der Waals surface area contributed by atoms with Crippen molar-refractivity contribution in [1.82, 2.24) is 0 Å². The molecule has 0 radical (unpaired) electrons. The van der Waals surface area contributed by atoms with Gasteiger partial charge in [0.25, 0.3) is 0 Å². The Morgan fingerprint density at radius 3 is 2.53 bits per heavy atom. The molecule has 0 atom stereocenters.